The van der Waals surface area contributed by atoms with Crippen LogP contribution < -0.4 is 5.32 Å². The summed E-state index contributed by atoms with van der Waals surface area (Å²) in [4.78, 5) is 8.28. The molecular weight excluding hydrogens is 198 g/mol. The first kappa shape index (κ1) is 9.48. The summed E-state index contributed by atoms with van der Waals surface area (Å²) in [7, 11) is 0. The van der Waals surface area contributed by atoms with E-state index in [2.05, 4.69) is 39.6 Å². The van der Waals surface area contributed by atoms with Crippen molar-refractivity contribution in [3.63, 3.8) is 0 Å². The number of fused-ring (bicyclic) bond motifs is 1. The van der Waals surface area contributed by atoms with E-state index in [-0.39, 0.29) is 6.04 Å². The molecule has 3 heteroatoms. The normalized spacial score (nSPS) is 19.1. The van der Waals surface area contributed by atoms with Crippen LogP contribution in [0.15, 0.2) is 42.9 Å². The van der Waals surface area contributed by atoms with E-state index in [1.165, 1.54) is 11.1 Å². The maximum absolute atomic E-state index is 4.33. The summed E-state index contributed by atoms with van der Waals surface area (Å²) in [6.45, 7) is 1.01. The van der Waals surface area contributed by atoms with Crippen molar-refractivity contribution in [1.82, 2.24) is 15.3 Å². The summed E-state index contributed by atoms with van der Waals surface area (Å²) in [5.74, 6) is 0. The Bertz CT molecular complexity index is 482. The molecule has 2 heterocycles. The molecule has 1 aromatic carbocycles. The third-order valence-electron chi connectivity index (χ3n) is 3.01. The Morgan fingerprint density at radius 1 is 1.19 bits per heavy atom. The van der Waals surface area contributed by atoms with Crippen LogP contribution in [0.5, 0.6) is 0 Å². The van der Waals surface area contributed by atoms with E-state index in [9.17, 15) is 0 Å². The predicted molar refractivity (Wildman–Crippen MR) is 62.0 cm³/mol. The van der Waals surface area contributed by atoms with Gasteiger partial charge in [-0.2, -0.15) is 0 Å². The number of rotatable bonds is 1. The van der Waals surface area contributed by atoms with Gasteiger partial charge in [-0.25, -0.2) is 9.97 Å². The van der Waals surface area contributed by atoms with E-state index >= 15 is 0 Å². The van der Waals surface area contributed by atoms with Crippen LogP contribution in [0.2, 0.25) is 0 Å². The minimum atomic E-state index is 0.216. The highest BCUT2D eigenvalue weighted by Crippen LogP contribution is 2.26. The van der Waals surface area contributed by atoms with Crippen LogP contribution in [0.1, 0.15) is 22.9 Å². The van der Waals surface area contributed by atoms with Gasteiger partial charge < -0.3 is 5.32 Å². The van der Waals surface area contributed by atoms with E-state index in [1.807, 2.05) is 6.07 Å². The lowest BCUT2D eigenvalue weighted by molar-refractivity contribution is 0.556. The zero-order valence-electron chi connectivity index (χ0n) is 8.93. The van der Waals surface area contributed by atoms with E-state index in [1.54, 1.807) is 12.5 Å². The second kappa shape index (κ2) is 4.02. The minimum Gasteiger partial charge on any atom is -0.305 e. The fourth-order valence-corrected chi connectivity index (χ4v) is 2.24. The second-order valence-corrected chi connectivity index (χ2v) is 3.97. The Labute approximate surface area is 94.6 Å². The number of hydrogen-bond donors (Lipinski definition) is 1. The van der Waals surface area contributed by atoms with Crippen molar-refractivity contribution >= 4 is 0 Å². The molecule has 1 aromatic heterocycles. The highest BCUT2D eigenvalue weighted by atomic mass is 15.0. The highest BCUT2D eigenvalue weighted by Gasteiger charge is 2.21. The van der Waals surface area contributed by atoms with Crippen LogP contribution in [0.4, 0.5) is 0 Å². The summed E-state index contributed by atoms with van der Waals surface area (Å²) in [5.41, 5.74) is 3.81. The van der Waals surface area contributed by atoms with Crippen molar-refractivity contribution in [1.29, 1.82) is 0 Å². The largest absolute Gasteiger partial charge is 0.305 e. The Morgan fingerprint density at radius 2 is 2.12 bits per heavy atom. The van der Waals surface area contributed by atoms with Gasteiger partial charge in [0, 0.05) is 12.7 Å². The molecule has 1 atom stereocenters. The summed E-state index contributed by atoms with van der Waals surface area (Å²) in [6, 6.07) is 10.7. The Morgan fingerprint density at radius 3 is 3.00 bits per heavy atom. The van der Waals surface area contributed by atoms with E-state index in [0.717, 1.165) is 18.7 Å². The molecule has 80 valence electrons. The topological polar surface area (TPSA) is 37.8 Å². The van der Waals surface area contributed by atoms with Crippen LogP contribution in [0.25, 0.3) is 0 Å². The minimum absolute atomic E-state index is 0.216. The van der Waals surface area contributed by atoms with Gasteiger partial charge in [0.1, 0.15) is 6.33 Å². The van der Waals surface area contributed by atoms with Crippen molar-refractivity contribution < 1.29 is 0 Å². The fraction of sp³-hybridized carbons (Fsp3) is 0.231. The van der Waals surface area contributed by atoms with Crippen LogP contribution in [-0.4, -0.2) is 16.5 Å². The number of hydrogen-bond acceptors (Lipinski definition) is 3. The monoisotopic (exact) mass is 211 g/mol. The number of aromatic nitrogens is 2. The highest BCUT2D eigenvalue weighted by molar-refractivity contribution is 5.36. The molecule has 1 aliphatic heterocycles. The summed E-state index contributed by atoms with van der Waals surface area (Å²) in [5, 5.41) is 3.50. The van der Waals surface area contributed by atoms with Crippen molar-refractivity contribution in [3.05, 3.63) is 59.7 Å². The van der Waals surface area contributed by atoms with Crippen LogP contribution in [-0.2, 0) is 6.42 Å². The maximum atomic E-state index is 4.33. The number of benzene rings is 1. The zero-order valence-corrected chi connectivity index (χ0v) is 8.93. The fourth-order valence-electron chi connectivity index (χ4n) is 2.24. The Balaban J connectivity index is 2.05. The zero-order chi connectivity index (χ0) is 10.8. The van der Waals surface area contributed by atoms with Crippen molar-refractivity contribution in [2.24, 2.45) is 0 Å². The molecule has 0 fully saturated rings. The molecule has 3 rings (SSSR count). The molecule has 0 aliphatic carbocycles. The summed E-state index contributed by atoms with van der Waals surface area (Å²) < 4.78 is 0. The first-order chi connectivity index (χ1) is 7.95. The molecule has 0 saturated heterocycles. The van der Waals surface area contributed by atoms with Gasteiger partial charge >= 0.3 is 0 Å². The number of nitrogens with zero attached hydrogens (tertiary/aromatic N) is 2. The van der Waals surface area contributed by atoms with Gasteiger partial charge in [0.05, 0.1) is 11.7 Å². The molecule has 0 saturated carbocycles. The van der Waals surface area contributed by atoms with Crippen LogP contribution in [0, 0.1) is 0 Å². The van der Waals surface area contributed by atoms with Gasteiger partial charge in [-0.05, 0) is 23.6 Å². The molecule has 0 bridgehead atoms. The van der Waals surface area contributed by atoms with Crippen LogP contribution >= 0.6 is 0 Å². The van der Waals surface area contributed by atoms with Crippen molar-refractivity contribution in [2.75, 3.05) is 6.54 Å². The van der Waals surface area contributed by atoms with Gasteiger partial charge in [0.25, 0.3) is 0 Å². The smallest absolute Gasteiger partial charge is 0.115 e. The lowest BCUT2D eigenvalue weighted by atomic mass is 9.92. The van der Waals surface area contributed by atoms with Gasteiger partial charge in [0.15, 0.2) is 0 Å². The number of nitrogens with one attached hydrogen (secondary N) is 1. The van der Waals surface area contributed by atoms with E-state index in [4.69, 9.17) is 0 Å². The van der Waals surface area contributed by atoms with Gasteiger partial charge in [-0.3, -0.25) is 0 Å². The first-order valence-electron chi connectivity index (χ1n) is 5.52. The van der Waals surface area contributed by atoms with Gasteiger partial charge in [-0.1, -0.05) is 24.3 Å². The average Bonchev–Trinajstić information content (AvgIpc) is 2.39. The molecule has 1 unspecified atom stereocenters. The molecular formula is C13H13N3. The maximum Gasteiger partial charge on any atom is 0.115 e. The lowest BCUT2D eigenvalue weighted by Crippen LogP contribution is -2.31. The average molecular weight is 211 g/mol. The molecule has 1 aliphatic rings. The van der Waals surface area contributed by atoms with Crippen molar-refractivity contribution in [2.45, 2.75) is 12.5 Å². The van der Waals surface area contributed by atoms with Gasteiger partial charge in [-0.15, -0.1) is 0 Å². The van der Waals surface area contributed by atoms with Crippen LogP contribution in [0.3, 0.4) is 0 Å². The first-order valence-corrected chi connectivity index (χ1v) is 5.52. The third-order valence-corrected chi connectivity index (χ3v) is 3.01. The summed E-state index contributed by atoms with van der Waals surface area (Å²) in [6.07, 6.45) is 4.49. The molecule has 0 spiro atoms. The molecule has 16 heavy (non-hydrogen) atoms. The predicted octanol–water partition coefficient (Wildman–Crippen LogP) is 1.71. The van der Waals surface area contributed by atoms with Gasteiger partial charge in [0.2, 0.25) is 0 Å². The van der Waals surface area contributed by atoms with E-state index in [0.29, 0.717) is 0 Å². The lowest BCUT2D eigenvalue weighted by Gasteiger charge is -2.26. The van der Waals surface area contributed by atoms with Crippen molar-refractivity contribution in [3.8, 4) is 0 Å². The SMILES string of the molecule is c1ccc2c(c1)CCNC2c1ccncn1. The molecule has 1 N–H and O–H groups in total. The molecule has 3 nitrogen and oxygen atoms in total. The summed E-state index contributed by atoms with van der Waals surface area (Å²) >= 11 is 0. The Hall–Kier alpha value is -1.74. The third kappa shape index (κ3) is 1.59. The molecule has 2 aromatic rings. The molecule has 0 radical (unpaired) electrons. The van der Waals surface area contributed by atoms with E-state index < -0.39 is 0 Å². The second-order valence-electron chi connectivity index (χ2n) is 3.97. The standard InChI is InChI=1S/C13H13N3/c1-2-4-11-10(3-1)5-8-15-13(11)12-6-7-14-9-16-12/h1-4,6-7,9,13,15H,5,8H2. The molecule has 0 amide bonds. The quantitative estimate of drug-likeness (QED) is 0.780. The Kier molecular flexibility index (Phi) is 2.38.